The zero-order valence-corrected chi connectivity index (χ0v) is 12.0. The van der Waals surface area contributed by atoms with Crippen LogP contribution in [0.15, 0.2) is 18.3 Å². The smallest absolute Gasteiger partial charge is 0.255 e. The summed E-state index contributed by atoms with van der Waals surface area (Å²) >= 11 is 0. The van der Waals surface area contributed by atoms with E-state index in [1.54, 1.807) is 12.3 Å². The van der Waals surface area contributed by atoms with Crippen molar-refractivity contribution in [3.05, 3.63) is 24.0 Å². The van der Waals surface area contributed by atoms with Crippen LogP contribution < -0.4 is 10.2 Å². The largest absolute Gasteiger partial charge is 0.395 e. The predicted molar refractivity (Wildman–Crippen MR) is 76.2 cm³/mol. The second-order valence-electron chi connectivity index (χ2n) is 4.52. The van der Waals surface area contributed by atoms with Crippen molar-refractivity contribution in [1.29, 1.82) is 0 Å². The van der Waals surface area contributed by atoms with Gasteiger partial charge >= 0.3 is 0 Å². The molecule has 1 aromatic heterocycles. The van der Waals surface area contributed by atoms with E-state index >= 15 is 0 Å². The molecule has 0 aliphatic carbocycles. The number of nitrogens with zero attached hydrogens (tertiary/aromatic N) is 2. The third-order valence-electron chi connectivity index (χ3n) is 3.08. The van der Waals surface area contributed by atoms with Crippen molar-refractivity contribution in [3.8, 4) is 0 Å². The van der Waals surface area contributed by atoms with Gasteiger partial charge in [0.1, 0.15) is 0 Å². The summed E-state index contributed by atoms with van der Waals surface area (Å²) in [7, 11) is 0. The first-order valence-electron chi connectivity index (χ1n) is 6.95. The van der Waals surface area contributed by atoms with E-state index in [1.165, 1.54) is 4.90 Å². The molecule has 114 valence electrons. The van der Waals surface area contributed by atoms with Crippen molar-refractivity contribution in [3.63, 3.8) is 0 Å². The number of nitrogens with one attached hydrogen (secondary N) is 1. The first kappa shape index (κ1) is 16.8. The molecule has 0 saturated carbocycles. The first-order chi connectivity index (χ1) is 9.62. The van der Waals surface area contributed by atoms with Crippen LogP contribution in [-0.2, 0) is 0 Å². The van der Waals surface area contributed by atoms with Crippen LogP contribution in [0.25, 0.3) is 0 Å². The lowest BCUT2D eigenvalue weighted by atomic mass is 10.1. The Balaban J connectivity index is 2.81. The summed E-state index contributed by atoms with van der Waals surface area (Å²) in [6.07, 6.45) is 0.0664. The molecule has 0 aromatic carbocycles. The van der Waals surface area contributed by atoms with Crippen molar-refractivity contribution in [2.75, 3.05) is 31.1 Å². The molecular formula is C14H23F2N3O. The normalized spacial score (nSPS) is 12.7. The molecule has 0 bridgehead atoms. The van der Waals surface area contributed by atoms with Gasteiger partial charge in [0.05, 0.1) is 30.7 Å². The van der Waals surface area contributed by atoms with Crippen LogP contribution in [0, 0.1) is 0 Å². The number of rotatable bonds is 9. The van der Waals surface area contributed by atoms with Gasteiger partial charge in [0.15, 0.2) is 0 Å². The Morgan fingerprint density at radius 3 is 2.55 bits per heavy atom. The van der Waals surface area contributed by atoms with Gasteiger partial charge in [-0.05, 0) is 25.1 Å². The Morgan fingerprint density at radius 1 is 1.35 bits per heavy atom. The van der Waals surface area contributed by atoms with E-state index in [9.17, 15) is 8.78 Å². The van der Waals surface area contributed by atoms with Crippen molar-refractivity contribution >= 4 is 5.69 Å². The van der Waals surface area contributed by atoms with Gasteiger partial charge in [-0.25, -0.2) is 8.78 Å². The molecule has 2 N–H and O–H groups in total. The lowest BCUT2D eigenvalue weighted by Gasteiger charge is -2.24. The van der Waals surface area contributed by atoms with Crippen LogP contribution >= 0.6 is 0 Å². The summed E-state index contributed by atoms with van der Waals surface area (Å²) in [6.45, 7) is 4.57. The van der Waals surface area contributed by atoms with E-state index in [2.05, 4.69) is 17.2 Å². The molecule has 1 aromatic rings. The molecule has 1 unspecified atom stereocenters. The van der Waals surface area contributed by atoms with E-state index in [0.29, 0.717) is 5.69 Å². The van der Waals surface area contributed by atoms with Gasteiger partial charge in [-0.3, -0.25) is 4.98 Å². The van der Waals surface area contributed by atoms with Gasteiger partial charge in [-0.15, -0.1) is 0 Å². The molecule has 1 atom stereocenters. The number of aliphatic hydroxyl groups excluding tert-OH is 1. The summed E-state index contributed by atoms with van der Waals surface area (Å²) in [5, 5.41) is 12.3. The molecule has 1 rings (SSSR count). The van der Waals surface area contributed by atoms with E-state index in [4.69, 9.17) is 5.11 Å². The number of hydrogen-bond donors (Lipinski definition) is 2. The van der Waals surface area contributed by atoms with Gasteiger partial charge in [0.25, 0.3) is 6.43 Å². The lowest BCUT2D eigenvalue weighted by molar-refractivity contribution is 0.153. The molecule has 0 fully saturated rings. The highest BCUT2D eigenvalue weighted by Crippen LogP contribution is 2.19. The molecule has 4 nitrogen and oxygen atoms in total. The molecule has 6 heteroatoms. The molecule has 1 heterocycles. The minimum absolute atomic E-state index is 0.163. The zero-order chi connectivity index (χ0) is 15.0. The number of aliphatic hydroxyl groups is 1. The Kier molecular flexibility index (Phi) is 7.40. The zero-order valence-electron chi connectivity index (χ0n) is 12.0. The predicted octanol–water partition coefficient (Wildman–Crippen LogP) is 2.21. The number of anilines is 1. The third-order valence-corrected chi connectivity index (χ3v) is 3.08. The topological polar surface area (TPSA) is 48.4 Å². The van der Waals surface area contributed by atoms with Crippen LogP contribution in [0.1, 0.15) is 32.0 Å². The fourth-order valence-corrected chi connectivity index (χ4v) is 2.11. The number of hydrogen-bond acceptors (Lipinski definition) is 4. The van der Waals surface area contributed by atoms with Crippen LogP contribution in [0.4, 0.5) is 14.5 Å². The standard InChI is InChI=1S/C14H23F2N3O/c1-3-12(17-4-2)13-6-5-11(9-18-13)19(7-8-20)10-14(15)16/h5-6,9,12,14,17,20H,3-4,7-8,10H2,1-2H3. The molecule has 0 spiro atoms. The summed E-state index contributed by atoms with van der Waals surface area (Å²) in [6, 6.07) is 3.80. The Morgan fingerprint density at radius 2 is 2.10 bits per heavy atom. The van der Waals surface area contributed by atoms with Gasteiger partial charge in [-0.1, -0.05) is 13.8 Å². The molecule has 0 radical (unpaired) electrons. The van der Waals surface area contributed by atoms with E-state index in [-0.39, 0.29) is 19.2 Å². The second kappa shape index (κ2) is 8.81. The number of halogens is 2. The molecule has 0 amide bonds. The molecule has 0 aliphatic rings. The van der Waals surface area contributed by atoms with Crippen molar-refractivity contribution < 1.29 is 13.9 Å². The highest BCUT2D eigenvalue weighted by atomic mass is 19.3. The maximum absolute atomic E-state index is 12.5. The Labute approximate surface area is 118 Å². The quantitative estimate of drug-likeness (QED) is 0.731. The van der Waals surface area contributed by atoms with Crippen molar-refractivity contribution in [2.24, 2.45) is 0 Å². The maximum Gasteiger partial charge on any atom is 0.255 e. The lowest BCUT2D eigenvalue weighted by Crippen LogP contribution is -2.31. The van der Waals surface area contributed by atoms with E-state index in [0.717, 1.165) is 18.7 Å². The monoisotopic (exact) mass is 287 g/mol. The summed E-state index contributed by atoms with van der Waals surface area (Å²) in [5.74, 6) is 0. The molecular weight excluding hydrogens is 264 g/mol. The first-order valence-corrected chi connectivity index (χ1v) is 6.95. The Hall–Kier alpha value is -1.27. The average molecular weight is 287 g/mol. The van der Waals surface area contributed by atoms with Crippen LogP contribution in [0.2, 0.25) is 0 Å². The fourth-order valence-electron chi connectivity index (χ4n) is 2.11. The Bertz CT molecular complexity index is 373. The minimum atomic E-state index is -2.44. The van der Waals surface area contributed by atoms with Gasteiger partial charge in [0, 0.05) is 12.6 Å². The third kappa shape index (κ3) is 5.02. The molecule has 0 saturated heterocycles. The van der Waals surface area contributed by atoms with E-state index in [1.807, 2.05) is 13.0 Å². The van der Waals surface area contributed by atoms with Gasteiger partial charge < -0.3 is 15.3 Å². The van der Waals surface area contributed by atoms with Crippen LogP contribution in [-0.4, -0.2) is 42.8 Å². The summed E-state index contributed by atoms with van der Waals surface area (Å²) < 4.78 is 25.0. The second-order valence-corrected chi connectivity index (χ2v) is 4.52. The van der Waals surface area contributed by atoms with Gasteiger partial charge in [-0.2, -0.15) is 0 Å². The summed E-state index contributed by atoms with van der Waals surface area (Å²) in [5.41, 5.74) is 1.51. The minimum Gasteiger partial charge on any atom is -0.395 e. The number of aromatic nitrogens is 1. The van der Waals surface area contributed by atoms with Crippen molar-refractivity contribution in [2.45, 2.75) is 32.7 Å². The highest BCUT2D eigenvalue weighted by molar-refractivity contribution is 5.45. The number of alkyl halides is 2. The van der Waals surface area contributed by atoms with Gasteiger partial charge in [0.2, 0.25) is 0 Å². The number of pyridine rings is 1. The maximum atomic E-state index is 12.5. The van der Waals surface area contributed by atoms with Crippen LogP contribution in [0.5, 0.6) is 0 Å². The van der Waals surface area contributed by atoms with Crippen LogP contribution in [0.3, 0.4) is 0 Å². The van der Waals surface area contributed by atoms with Crippen molar-refractivity contribution in [1.82, 2.24) is 10.3 Å². The fraction of sp³-hybridized carbons (Fsp3) is 0.643. The molecule has 0 aliphatic heterocycles. The molecule has 20 heavy (non-hydrogen) atoms. The summed E-state index contributed by atoms with van der Waals surface area (Å²) in [4.78, 5) is 5.79. The average Bonchev–Trinajstić information content (AvgIpc) is 2.44. The highest BCUT2D eigenvalue weighted by Gasteiger charge is 2.14. The van der Waals surface area contributed by atoms with E-state index < -0.39 is 13.0 Å². The SMILES string of the molecule is CCNC(CC)c1ccc(N(CCO)CC(F)F)cn1.